The molecule has 3 heteroatoms. The maximum atomic E-state index is 8.12. The monoisotopic (exact) mass is 194 g/mol. The number of carbonyl (C=O) groups excluding carboxylic acids is 2. The van der Waals surface area contributed by atoms with Crippen LogP contribution in [0.2, 0.25) is 0 Å². The van der Waals surface area contributed by atoms with Gasteiger partial charge in [-0.15, -0.1) is 0 Å². The summed E-state index contributed by atoms with van der Waals surface area (Å²) < 4.78 is 0. The molecule has 0 heterocycles. The molecule has 0 aromatic carbocycles. The van der Waals surface area contributed by atoms with Crippen molar-refractivity contribution in [1.82, 2.24) is 0 Å². The predicted octanol–water partition coefficient (Wildman–Crippen LogP) is 1.84. The van der Waals surface area contributed by atoms with Crippen LogP contribution in [0.1, 0.15) is 20.8 Å². The van der Waals surface area contributed by atoms with E-state index < -0.39 is 0 Å². The van der Waals surface area contributed by atoms with E-state index in [-0.39, 0.29) is 6.15 Å². The quantitative estimate of drug-likeness (QED) is 0.552. The largest absolute Gasteiger partial charge is 0.373 e. The van der Waals surface area contributed by atoms with Crippen LogP contribution in [0.4, 0.5) is 0 Å². The molecule has 0 N–H and O–H groups in total. The number of hydrogen-bond acceptors (Lipinski definition) is 2. The Bertz CT molecular complexity index is 87.7. The molecule has 0 rings (SSSR count). The lowest BCUT2D eigenvalue weighted by Crippen LogP contribution is -2.04. The van der Waals surface area contributed by atoms with Crippen LogP contribution in [0.15, 0.2) is 0 Å². The maximum Gasteiger partial charge on any atom is 0.373 e. The van der Waals surface area contributed by atoms with Crippen molar-refractivity contribution in [3.05, 3.63) is 0 Å². The molecule has 0 saturated carbocycles. The second-order valence-electron chi connectivity index (χ2n) is 2.78. The predicted molar refractivity (Wildman–Crippen MR) is 38.3 cm³/mol. The van der Waals surface area contributed by atoms with Gasteiger partial charge in [0.1, 0.15) is 0 Å². The lowest BCUT2D eigenvalue weighted by atomic mass is 10.0. The van der Waals surface area contributed by atoms with Crippen molar-refractivity contribution in [3.8, 4) is 0 Å². The second-order valence-corrected chi connectivity index (χ2v) is 3.34. The van der Waals surface area contributed by atoms with Gasteiger partial charge in [-0.2, -0.15) is 9.59 Å². The lowest BCUT2D eigenvalue weighted by molar-refractivity contribution is -0.191. The summed E-state index contributed by atoms with van der Waals surface area (Å²) in [5.41, 5.74) is 0.458. The van der Waals surface area contributed by atoms with Crippen molar-refractivity contribution in [2.24, 2.45) is 5.41 Å². The highest BCUT2D eigenvalue weighted by molar-refractivity contribution is 9.09. The van der Waals surface area contributed by atoms with E-state index in [0.717, 1.165) is 5.33 Å². The van der Waals surface area contributed by atoms with Crippen LogP contribution in [0.5, 0.6) is 0 Å². The molecule has 0 amide bonds. The van der Waals surface area contributed by atoms with Crippen LogP contribution < -0.4 is 0 Å². The topological polar surface area (TPSA) is 34.1 Å². The van der Waals surface area contributed by atoms with Crippen molar-refractivity contribution in [1.29, 1.82) is 0 Å². The van der Waals surface area contributed by atoms with Gasteiger partial charge in [-0.3, -0.25) is 0 Å². The average Bonchev–Trinajstić information content (AvgIpc) is 1.67. The average molecular weight is 195 g/mol. The maximum absolute atomic E-state index is 8.12. The molecule has 0 aliphatic rings. The number of halogens is 1. The Labute approximate surface area is 63.8 Å². The molecule has 0 saturated heterocycles. The van der Waals surface area contributed by atoms with E-state index >= 15 is 0 Å². The molecule has 0 atom stereocenters. The van der Waals surface area contributed by atoms with Gasteiger partial charge in [-0.25, -0.2) is 0 Å². The van der Waals surface area contributed by atoms with E-state index in [4.69, 9.17) is 9.59 Å². The summed E-state index contributed by atoms with van der Waals surface area (Å²) in [4.78, 5) is 16.2. The summed E-state index contributed by atoms with van der Waals surface area (Å²) in [7, 11) is 0. The van der Waals surface area contributed by atoms with Gasteiger partial charge in [-0.1, -0.05) is 36.7 Å². The van der Waals surface area contributed by atoms with Gasteiger partial charge in [0, 0.05) is 5.33 Å². The van der Waals surface area contributed by atoms with Crippen molar-refractivity contribution in [2.75, 3.05) is 5.33 Å². The number of alkyl halides is 1. The number of hydrogen-bond donors (Lipinski definition) is 0. The third kappa shape index (κ3) is 33.0. The van der Waals surface area contributed by atoms with E-state index in [0.29, 0.717) is 5.41 Å². The smallest absolute Gasteiger partial charge is 0.186 e. The van der Waals surface area contributed by atoms with Crippen LogP contribution >= 0.6 is 15.9 Å². The third-order valence-electron chi connectivity index (χ3n) is 0.401. The van der Waals surface area contributed by atoms with E-state index in [1.54, 1.807) is 0 Å². The van der Waals surface area contributed by atoms with Crippen LogP contribution in [0, 0.1) is 5.41 Å². The molecular weight excluding hydrogens is 184 g/mol. The van der Waals surface area contributed by atoms with Crippen molar-refractivity contribution >= 4 is 22.1 Å². The van der Waals surface area contributed by atoms with Gasteiger partial charge in [0.2, 0.25) is 0 Å². The first kappa shape index (κ1) is 11.6. The highest BCUT2D eigenvalue weighted by Crippen LogP contribution is 2.14. The lowest BCUT2D eigenvalue weighted by Gasteiger charge is -2.11. The summed E-state index contributed by atoms with van der Waals surface area (Å²) in [6.07, 6.45) is 0.250. The number of rotatable bonds is 0. The molecule has 54 valence electrons. The first-order chi connectivity index (χ1) is 3.97. The highest BCUT2D eigenvalue weighted by atomic mass is 79.9. The zero-order chi connectivity index (χ0) is 7.91. The summed E-state index contributed by atoms with van der Waals surface area (Å²) in [6.45, 7) is 6.59. The second kappa shape index (κ2) is 5.99. The summed E-state index contributed by atoms with van der Waals surface area (Å²) in [5.74, 6) is 0. The standard InChI is InChI=1S/C5H11Br.CO2/c1-5(2,3)4-6;2-1-3/h4H2,1-3H3;. The van der Waals surface area contributed by atoms with Crippen LogP contribution in [0.25, 0.3) is 0 Å². The van der Waals surface area contributed by atoms with Gasteiger partial charge in [-0.05, 0) is 5.41 Å². The summed E-state index contributed by atoms with van der Waals surface area (Å²) in [6, 6.07) is 0. The van der Waals surface area contributed by atoms with Gasteiger partial charge in [0.05, 0.1) is 0 Å². The molecule has 2 nitrogen and oxygen atoms in total. The SMILES string of the molecule is CC(C)(C)CBr.O=C=O. The van der Waals surface area contributed by atoms with E-state index in [9.17, 15) is 0 Å². The van der Waals surface area contributed by atoms with Crippen LogP contribution in [-0.2, 0) is 9.59 Å². The Morgan fingerprint density at radius 3 is 1.44 bits per heavy atom. The van der Waals surface area contributed by atoms with E-state index in [1.165, 1.54) is 0 Å². The van der Waals surface area contributed by atoms with Gasteiger partial charge >= 0.3 is 6.15 Å². The zero-order valence-electron chi connectivity index (χ0n) is 5.90. The molecule has 0 bridgehead atoms. The van der Waals surface area contributed by atoms with Crippen molar-refractivity contribution in [3.63, 3.8) is 0 Å². The Morgan fingerprint density at radius 1 is 1.33 bits per heavy atom. The minimum atomic E-state index is 0.250. The molecule has 0 fully saturated rings. The first-order valence-electron chi connectivity index (χ1n) is 2.53. The molecule has 0 aliphatic carbocycles. The van der Waals surface area contributed by atoms with Crippen molar-refractivity contribution < 1.29 is 9.59 Å². The molecule has 0 spiro atoms. The fraction of sp³-hybridized carbons (Fsp3) is 0.833. The Balaban J connectivity index is 0. The molecule has 9 heavy (non-hydrogen) atoms. The van der Waals surface area contributed by atoms with Gasteiger partial charge in [0.25, 0.3) is 0 Å². The Hall–Kier alpha value is -0.140. The third-order valence-corrected chi connectivity index (χ3v) is 2.08. The van der Waals surface area contributed by atoms with Crippen molar-refractivity contribution in [2.45, 2.75) is 20.8 Å². The first-order valence-corrected chi connectivity index (χ1v) is 3.65. The molecule has 0 radical (unpaired) electrons. The van der Waals surface area contributed by atoms with Gasteiger partial charge in [0.15, 0.2) is 0 Å². The Kier molecular flexibility index (Phi) is 7.74. The van der Waals surface area contributed by atoms with Crippen LogP contribution in [-0.4, -0.2) is 11.5 Å². The fourth-order valence-corrected chi connectivity index (χ4v) is 0. The molecule has 0 aromatic heterocycles. The fourth-order valence-electron chi connectivity index (χ4n) is 0. The van der Waals surface area contributed by atoms with Crippen LogP contribution in [0.3, 0.4) is 0 Å². The minimum Gasteiger partial charge on any atom is -0.186 e. The normalized spacial score (nSPS) is 8.89. The molecule has 0 aliphatic heterocycles. The zero-order valence-corrected chi connectivity index (χ0v) is 7.49. The molecular formula is C6H11BrO2. The van der Waals surface area contributed by atoms with E-state index in [1.807, 2.05) is 0 Å². The highest BCUT2D eigenvalue weighted by Gasteiger charge is 2.04. The summed E-state index contributed by atoms with van der Waals surface area (Å²) >= 11 is 3.37. The molecule has 0 aromatic rings. The van der Waals surface area contributed by atoms with Gasteiger partial charge < -0.3 is 0 Å². The minimum absolute atomic E-state index is 0.250. The van der Waals surface area contributed by atoms with E-state index in [2.05, 4.69) is 36.7 Å². The molecule has 0 unspecified atom stereocenters. The summed E-state index contributed by atoms with van der Waals surface area (Å²) in [5, 5.41) is 1.08. The Morgan fingerprint density at radius 2 is 1.44 bits per heavy atom.